The summed E-state index contributed by atoms with van der Waals surface area (Å²) in [5, 5.41) is 15.5. The van der Waals surface area contributed by atoms with Crippen molar-refractivity contribution in [2.75, 3.05) is 6.54 Å². The van der Waals surface area contributed by atoms with Crippen LogP contribution in [0, 0.1) is 0 Å². The van der Waals surface area contributed by atoms with E-state index >= 15 is 0 Å². The van der Waals surface area contributed by atoms with Crippen molar-refractivity contribution >= 4 is 17.4 Å². The van der Waals surface area contributed by atoms with E-state index in [1.54, 1.807) is 12.1 Å². The second kappa shape index (κ2) is 3.87. The highest BCUT2D eigenvalue weighted by Crippen LogP contribution is 2.25. The van der Waals surface area contributed by atoms with Crippen LogP contribution in [0.15, 0.2) is 54.8 Å². The van der Waals surface area contributed by atoms with Gasteiger partial charge in [-0.25, -0.2) is 4.79 Å². The van der Waals surface area contributed by atoms with Crippen molar-refractivity contribution in [3.8, 4) is 0 Å². The van der Waals surface area contributed by atoms with Gasteiger partial charge in [-0.1, -0.05) is 18.2 Å². The summed E-state index contributed by atoms with van der Waals surface area (Å²) in [4.78, 5) is 11.2. The number of hydrazine groups is 1. The largest absolute Gasteiger partial charge is 0.478 e. The molecule has 0 aliphatic carbocycles. The third-order valence-corrected chi connectivity index (χ3v) is 3.75. The third kappa shape index (κ3) is 1.39. The molecule has 0 fully saturated rings. The molecule has 20 heavy (non-hydrogen) atoms. The van der Waals surface area contributed by atoms with Gasteiger partial charge in [0.05, 0.1) is 23.5 Å². The normalized spacial score (nSPS) is 18.2. The molecule has 3 heterocycles. The Morgan fingerprint density at radius 1 is 1.10 bits per heavy atom. The molecule has 1 aromatic rings. The fraction of sp³-hybridized carbons (Fsp3) is 0.0625. The lowest BCUT2D eigenvalue weighted by molar-refractivity contribution is 0.0696. The van der Waals surface area contributed by atoms with Gasteiger partial charge in [-0.05, 0) is 30.4 Å². The van der Waals surface area contributed by atoms with Gasteiger partial charge < -0.3 is 5.11 Å². The van der Waals surface area contributed by atoms with E-state index in [2.05, 4.69) is 22.2 Å². The van der Waals surface area contributed by atoms with Gasteiger partial charge in [0.15, 0.2) is 0 Å². The number of carbonyl (C=O) groups is 1. The molecular formula is C16H12N2O2. The van der Waals surface area contributed by atoms with Crippen molar-refractivity contribution < 1.29 is 9.90 Å². The minimum atomic E-state index is -0.898. The maximum atomic E-state index is 11.2. The average molecular weight is 264 g/mol. The van der Waals surface area contributed by atoms with Crippen molar-refractivity contribution in [3.05, 3.63) is 70.8 Å². The van der Waals surface area contributed by atoms with E-state index in [4.69, 9.17) is 0 Å². The molecule has 3 aliphatic heterocycles. The Balaban J connectivity index is 2.13. The summed E-state index contributed by atoms with van der Waals surface area (Å²) in [5.74, 6) is -0.898. The topological polar surface area (TPSA) is 43.8 Å². The Kier molecular flexibility index (Phi) is 2.15. The van der Waals surface area contributed by atoms with E-state index in [9.17, 15) is 9.90 Å². The van der Waals surface area contributed by atoms with Gasteiger partial charge in [-0.3, -0.25) is 10.0 Å². The zero-order valence-corrected chi connectivity index (χ0v) is 10.7. The first-order valence-electron chi connectivity index (χ1n) is 6.46. The molecule has 0 atom stereocenters. The number of hydrogen-bond donors (Lipinski definition) is 1. The van der Waals surface area contributed by atoms with E-state index < -0.39 is 5.97 Å². The molecule has 0 aromatic heterocycles. The molecule has 98 valence electrons. The van der Waals surface area contributed by atoms with Crippen LogP contribution >= 0.6 is 0 Å². The van der Waals surface area contributed by atoms with E-state index in [0.29, 0.717) is 5.56 Å². The van der Waals surface area contributed by atoms with Crippen molar-refractivity contribution in [3.63, 3.8) is 0 Å². The Morgan fingerprint density at radius 3 is 2.85 bits per heavy atom. The number of carboxylic acid groups (broad SMARTS) is 1. The molecule has 0 unspecified atom stereocenters. The molecule has 0 saturated carbocycles. The maximum Gasteiger partial charge on any atom is 0.335 e. The second-order valence-corrected chi connectivity index (χ2v) is 4.87. The van der Waals surface area contributed by atoms with Gasteiger partial charge in [0, 0.05) is 16.6 Å². The molecule has 0 spiro atoms. The maximum absolute atomic E-state index is 11.2. The van der Waals surface area contributed by atoms with Crippen LogP contribution in [0.3, 0.4) is 0 Å². The third-order valence-electron chi connectivity index (χ3n) is 3.75. The first-order chi connectivity index (χ1) is 9.75. The van der Waals surface area contributed by atoms with E-state index in [1.165, 1.54) is 0 Å². The minimum absolute atomic E-state index is 0.315. The summed E-state index contributed by atoms with van der Waals surface area (Å²) < 4.78 is 0. The van der Waals surface area contributed by atoms with Crippen molar-refractivity contribution in [2.24, 2.45) is 0 Å². The molecular weight excluding hydrogens is 252 g/mol. The Labute approximate surface area is 115 Å². The van der Waals surface area contributed by atoms with E-state index in [1.807, 2.05) is 30.5 Å². The summed E-state index contributed by atoms with van der Waals surface area (Å²) in [5.41, 5.74) is 2.44. The quantitative estimate of drug-likeness (QED) is 0.814. The molecule has 1 aromatic carbocycles. The number of allylic oxidation sites excluding steroid dienone is 2. The highest BCUT2D eigenvalue weighted by molar-refractivity contribution is 5.88. The van der Waals surface area contributed by atoms with Crippen molar-refractivity contribution in [1.82, 2.24) is 10.0 Å². The monoisotopic (exact) mass is 264 g/mol. The Bertz CT molecular complexity index is 831. The zero-order chi connectivity index (χ0) is 13.7. The number of hydrogen-bond acceptors (Lipinski definition) is 3. The second-order valence-electron chi connectivity index (χ2n) is 4.87. The number of rotatable bonds is 1. The summed E-state index contributed by atoms with van der Waals surface area (Å²) in [6, 6.07) is 5.31. The lowest BCUT2D eigenvalue weighted by Gasteiger charge is -2.37. The molecule has 3 aliphatic rings. The van der Waals surface area contributed by atoms with E-state index in [0.717, 1.165) is 28.4 Å². The fourth-order valence-electron chi connectivity index (χ4n) is 2.85. The van der Waals surface area contributed by atoms with Crippen molar-refractivity contribution in [2.45, 2.75) is 0 Å². The summed E-state index contributed by atoms with van der Waals surface area (Å²) in [6.07, 6.45) is 12.2. The van der Waals surface area contributed by atoms with E-state index in [-0.39, 0.29) is 0 Å². The fourth-order valence-corrected chi connectivity index (χ4v) is 2.85. The number of nitrogens with zero attached hydrogens (tertiary/aromatic N) is 2. The predicted molar refractivity (Wildman–Crippen MR) is 75.4 cm³/mol. The number of aromatic carboxylic acids is 1. The van der Waals surface area contributed by atoms with Crippen LogP contribution in [0.4, 0.5) is 0 Å². The van der Waals surface area contributed by atoms with Crippen LogP contribution in [-0.4, -0.2) is 27.6 Å². The molecule has 0 saturated heterocycles. The highest BCUT2D eigenvalue weighted by atomic mass is 16.4. The standard InChI is InChI=1S/C16H12N2O2/c19-16(20)11-6-7-12-13(10-11)15-4-1-2-8-17(15)18-9-3-5-14(12)18/h1-8,10H,9H2,(H,19,20). The van der Waals surface area contributed by atoms with Crippen molar-refractivity contribution in [1.29, 1.82) is 0 Å². The number of fused-ring (bicyclic) bond motifs is 4. The first-order valence-corrected chi connectivity index (χ1v) is 6.46. The highest BCUT2D eigenvalue weighted by Gasteiger charge is 2.25. The lowest BCUT2D eigenvalue weighted by atomic mass is 10.1. The molecule has 0 radical (unpaired) electrons. The molecule has 4 rings (SSSR count). The van der Waals surface area contributed by atoms with Crippen LogP contribution in [0.5, 0.6) is 0 Å². The molecule has 1 N–H and O–H groups in total. The molecule has 0 bridgehead atoms. The molecule has 0 amide bonds. The zero-order valence-electron chi connectivity index (χ0n) is 10.7. The van der Waals surface area contributed by atoms with Gasteiger partial charge >= 0.3 is 5.97 Å². The Hall–Kier alpha value is -2.75. The number of benzene rings is 1. The Morgan fingerprint density at radius 2 is 2.00 bits per heavy atom. The summed E-state index contributed by atoms with van der Waals surface area (Å²) in [6.45, 7) is 0.830. The first kappa shape index (κ1) is 11.1. The van der Waals surface area contributed by atoms with Gasteiger partial charge in [-0.15, -0.1) is 0 Å². The van der Waals surface area contributed by atoms with Crippen LogP contribution in [0.1, 0.15) is 10.4 Å². The molecule has 4 heteroatoms. The summed E-state index contributed by atoms with van der Waals surface area (Å²) >= 11 is 0. The van der Waals surface area contributed by atoms with Gasteiger partial charge in [0.1, 0.15) is 0 Å². The van der Waals surface area contributed by atoms with Crippen LogP contribution in [0.2, 0.25) is 0 Å². The predicted octanol–water partition coefficient (Wildman–Crippen LogP) is 0.787. The lowest BCUT2D eigenvalue weighted by Crippen LogP contribution is -2.48. The SMILES string of the molecule is O=C(O)c1ccc2c(c1)=C1C=CC=CN1N1CC=CC=21. The minimum Gasteiger partial charge on any atom is -0.478 e. The summed E-state index contributed by atoms with van der Waals surface area (Å²) in [7, 11) is 0. The smallest absolute Gasteiger partial charge is 0.335 e. The van der Waals surface area contributed by atoms with Gasteiger partial charge in [0.25, 0.3) is 0 Å². The van der Waals surface area contributed by atoms with Crippen LogP contribution < -0.4 is 10.4 Å². The molecule has 4 nitrogen and oxygen atoms in total. The van der Waals surface area contributed by atoms with Crippen LogP contribution in [-0.2, 0) is 0 Å². The van der Waals surface area contributed by atoms with Gasteiger partial charge in [0.2, 0.25) is 0 Å². The van der Waals surface area contributed by atoms with Gasteiger partial charge in [-0.2, -0.15) is 0 Å². The average Bonchev–Trinajstić information content (AvgIpc) is 2.96. The van der Waals surface area contributed by atoms with Crippen LogP contribution in [0.25, 0.3) is 11.4 Å². The number of carboxylic acids is 1.